The molecule has 10 nitrogen and oxygen atoms in total. The Hall–Kier alpha value is -3.37. The number of likely N-dealkylation sites (tertiary alicyclic amines) is 1. The molecule has 2 aliphatic heterocycles. The molecular formula is C20H25FN4O6. The first-order valence-electron chi connectivity index (χ1n) is 9.80. The molecule has 2 heterocycles. The van der Waals surface area contributed by atoms with Crippen LogP contribution in [0.15, 0.2) is 18.2 Å². The van der Waals surface area contributed by atoms with E-state index in [9.17, 15) is 28.7 Å². The van der Waals surface area contributed by atoms with Gasteiger partial charge in [-0.1, -0.05) is 13.8 Å². The summed E-state index contributed by atoms with van der Waals surface area (Å²) in [6.07, 6.45) is -1.29. The smallest absolute Gasteiger partial charge is 0.407 e. The fourth-order valence-electron chi connectivity index (χ4n) is 3.97. The summed E-state index contributed by atoms with van der Waals surface area (Å²) in [6, 6.07) is 1.37. The number of ether oxygens (including phenoxy) is 1. The Morgan fingerprint density at radius 2 is 2.10 bits per heavy atom. The van der Waals surface area contributed by atoms with Crippen LogP contribution in [0, 0.1) is 11.7 Å². The molecule has 1 saturated heterocycles. The highest BCUT2D eigenvalue weighted by Crippen LogP contribution is 2.40. The summed E-state index contributed by atoms with van der Waals surface area (Å²) >= 11 is 0. The van der Waals surface area contributed by atoms with E-state index in [2.05, 4.69) is 5.32 Å². The Morgan fingerprint density at radius 1 is 1.42 bits per heavy atom. The van der Waals surface area contributed by atoms with Crippen molar-refractivity contribution < 1.29 is 33.4 Å². The van der Waals surface area contributed by atoms with Gasteiger partial charge in [0.25, 0.3) is 5.91 Å². The number of rotatable bonds is 5. The number of nitrogens with two attached hydrogens (primary N) is 1. The number of benzene rings is 1. The van der Waals surface area contributed by atoms with Crippen molar-refractivity contribution in [3.05, 3.63) is 24.0 Å². The number of nitrogens with one attached hydrogen (secondary N) is 1. The summed E-state index contributed by atoms with van der Waals surface area (Å²) in [5.74, 6) is -2.51. The van der Waals surface area contributed by atoms with Crippen LogP contribution in [-0.2, 0) is 14.4 Å². The van der Waals surface area contributed by atoms with Crippen LogP contribution in [0.2, 0.25) is 0 Å². The van der Waals surface area contributed by atoms with Crippen molar-refractivity contribution in [2.45, 2.75) is 44.4 Å². The van der Waals surface area contributed by atoms with Crippen LogP contribution in [0.25, 0.3) is 0 Å². The van der Waals surface area contributed by atoms with Crippen molar-refractivity contribution in [1.29, 1.82) is 0 Å². The predicted molar refractivity (Wildman–Crippen MR) is 107 cm³/mol. The number of halogens is 1. The number of nitrogens with zero attached hydrogens (tertiary/aromatic N) is 2. The fourth-order valence-corrected chi connectivity index (χ4v) is 3.97. The molecule has 11 heteroatoms. The summed E-state index contributed by atoms with van der Waals surface area (Å²) < 4.78 is 19.4. The van der Waals surface area contributed by atoms with E-state index < -0.39 is 47.3 Å². The number of fused-ring (bicyclic) bond motifs is 1. The van der Waals surface area contributed by atoms with Gasteiger partial charge in [-0.05, 0) is 24.5 Å². The maximum absolute atomic E-state index is 13.5. The third-order valence-corrected chi connectivity index (χ3v) is 5.59. The standard InChI is InChI=1S/C20H25FN4O6/c1-10(2)6-13(24(3)19(29)30)17(27)25-9-20(8-14(25)16(22)26)18(28)23-12-7-11(21)4-5-15(12)31-20/h4-5,7,10,13-14H,6,8-9H2,1-3H3,(H2,22,26)(H,23,28)(H,29,30)/t13?,14-,20+/m0/s1. The summed E-state index contributed by atoms with van der Waals surface area (Å²) in [5, 5.41) is 11.9. The first-order chi connectivity index (χ1) is 14.4. The molecule has 0 aliphatic carbocycles. The topological polar surface area (TPSA) is 142 Å². The number of hydrogen-bond acceptors (Lipinski definition) is 5. The molecule has 0 aromatic heterocycles. The number of carbonyl (C=O) groups excluding carboxylic acids is 3. The van der Waals surface area contributed by atoms with Gasteiger partial charge in [0.15, 0.2) is 0 Å². The highest BCUT2D eigenvalue weighted by Gasteiger charge is 2.57. The molecule has 0 bridgehead atoms. The SMILES string of the molecule is CC(C)CC(C(=O)N1C[C@@]2(C[C@H]1C(N)=O)Oc1ccc(F)cc1NC2=O)N(C)C(=O)O. The molecule has 3 rings (SSSR count). The molecule has 1 aromatic carbocycles. The number of amides is 4. The maximum Gasteiger partial charge on any atom is 0.407 e. The van der Waals surface area contributed by atoms with Crippen LogP contribution in [0.5, 0.6) is 5.75 Å². The van der Waals surface area contributed by atoms with Gasteiger partial charge in [0, 0.05) is 19.5 Å². The van der Waals surface area contributed by atoms with Crippen molar-refractivity contribution in [3.63, 3.8) is 0 Å². The molecule has 31 heavy (non-hydrogen) atoms. The second-order valence-corrected chi connectivity index (χ2v) is 8.32. The third-order valence-electron chi connectivity index (χ3n) is 5.59. The number of primary amides is 1. The lowest BCUT2D eigenvalue weighted by molar-refractivity contribution is -0.142. The van der Waals surface area contributed by atoms with Gasteiger partial charge in [0.1, 0.15) is 23.7 Å². The van der Waals surface area contributed by atoms with Crippen LogP contribution in [0.1, 0.15) is 26.7 Å². The van der Waals surface area contributed by atoms with Crippen LogP contribution in [0.3, 0.4) is 0 Å². The van der Waals surface area contributed by atoms with Crippen LogP contribution >= 0.6 is 0 Å². The van der Waals surface area contributed by atoms with Gasteiger partial charge in [-0.3, -0.25) is 19.3 Å². The maximum atomic E-state index is 13.5. The van der Waals surface area contributed by atoms with Gasteiger partial charge in [-0.15, -0.1) is 0 Å². The van der Waals surface area contributed by atoms with Crippen LogP contribution < -0.4 is 15.8 Å². The molecule has 2 aliphatic rings. The van der Waals surface area contributed by atoms with E-state index in [-0.39, 0.29) is 36.7 Å². The Balaban J connectivity index is 1.95. The van der Waals surface area contributed by atoms with E-state index in [0.29, 0.717) is 0 Å². The number of anilines is 1. The van der Waals surface area contributed by atoms with Crippen molar-refractivity contribution in [2.24, 2.45) is 11.7 Å². The fraction of sp³-hybridized carbons (Fsp3) is 0.500. The minimum Gasteiger partial charge on any atom is -0.473 e. The molecule has 4 N–H and O–H groups in total. The second kappa shape index (κ2) is 8.05. The summed E-state index contributed by atoms with van der Waals surface area (Å²) in [7, 11) is 1.27. The van der Waals surface area contributed by atoms with Crippen molar-refractivity contribution >= 4 is 29.5 Å². The molecular weight excluding hydrogens is 411 g/mol. The zero-order valence-corrected chi connectivity index (χ0v) is 17.4. The Labute approximate surface area is 178 Å². The van der Waals surface area contributed by atoms with Gasteiger partial charge in [0.05, 0.1) is 12.2 Å². The molecule has 168 valence electrons. The van der Waals surface area contributed by atoms with Crippen molar-refractivity contribution in [1.82, 2.24) is 9.80 Å². The molecule has 1 fully saturated rings. The van der Waals surface area contributed by atoms with Gasteiger partial charge in [-0.2, -0.15) is 0 Å². The van der Waals surface area contributed by atoms with Gasteiger partial charge in [0.2, 0.25) is 17.4 Å². The van der Waals surface area contributed by atoms with E-state index in [1.54, 1.807) is 0 Å². The van der Waals surface area contributed by atoms with E-state index in [1.165, 1.54) is 13.1 Å². The summed E-state index contributed by atoms with van der Waals surface area (Å²) in [5.41, 5.74) is 4.05. The van der Waals surface area contributed by atoms with Crippen molar-refractivity contribution in [2.75, 3.05) is 18.9 Å². The first-order valence-corrected chi connectivity index (χ1v) is 9.80. The lowest BCUT2D eigenvalue weighted by Crippen LogP contribution is -2.55. The lowest BCUT2D eigenvalue weighted by Gasteiger charge is -2.35. The van der Waals surface area contributed by atoms with E-state index >= 15 is 0 Å². The number of carbonyl (C=O) groups is 4. The lowest BCUT2D eigenvalue weighted by atomic mass is 9.96. The minimum absolute atomic E-state index is 0.0182. The van der Waals surface area contributed by atoms with Gasteiger partial charge in [-0.25, -0.2) is 9.18 Å². The Morgan fingerprint density at radius 3 is 2.68 bits per heavy atom. The predicted octanol–water partition coefficient (Wildman–Crippen LogP) is 1.01. The average Bonchev–Trinajstić information content (AvgIpc) is 3.07. The largest absolute Gasteiger partial charge is 0.473 e. The molecule has 1 aromatic rings. The van der Waals surface area contributed by atoms with Crippen LogP contribution in [0.4, 0.5) is 14.9 Å². The zero-order valence-electron chi connectivity index (χ0n) is 17.4. The van der Waals surface area contributed by atoms with E-state index in [1.807, 2.05) is 13.8 Å². The Bertz CT molecular complexity index is 938. The highest BCUT2D eigenvalue weighted by atomic mass is 19.1. The number of likely N-dealkylation sites (N-methyl/N-ethyl adjacent to an activating group) is 1. The van der Waals surface area contributed by atoms with Crippen molar-refractivity contribution in [3.8, 4) is 5.75 Å². The molecule has 3 atom stereocenters. The molecule has 0 saturated carbocycles. The Kier molecular flexibility index (Phi) is 5.79. The quantitative estimate of drug-likeness (QED) is 0.629. The van der Waals surface area contributed by atoms with E-state index in [4.69, 9.17) is 10.5 Å². The minimum atomic E-state index is -1.61. The number of carboxylic acid groups (broad SMARTS) is 1. The second-order valence-electron chi connectivity index (χ2n) is 8.32. The van der Waals surface area contributed by atoms with Gasteiger partial charge >= 0.3 is 6.09 Å². The first kappa shape index (κ1) is 22.3. The molecule has 4 amide bonds. The molecule has 0 radical (unpaired) electrons. The van der Waals surface area contributed by atoms with E-state index in [0.717, 1.165) is 21.9 Å². The normalized spacial score (nSPS) is 23.2. The highest BCUT2D eigenvalue weighted by molar-refractivity contribution is 6.03. The number of hydrogen-bond donors (Lipinski definition) is 3. The molecule has 1 spiro atoms. The average molecular weight is 436 g/mol. The summed E-state index contributed by atoms with van der Waals surface area (Å²) in [4.78, 5) is 51.9. The van der Waals surface area contributed by atoms with Gasteiger partial charge < -0.3 is 25.8 Å². The van der Waals surface area contributed by atoms with Crippen LogP contribution in [-0.4, -0.2) is 70.0 Å². The third kappa shape index (κ3) is 4.12. The zero-order chi connectivity index (χ0) is 23.1. The molecule has 1 unspecified atom stereocenters. The monoisotopic (exact) mass is 436 g/mol. The summed E-state index contributed by atoms with van der Waals surface area (Å²) in [6.45, 7) is 3.37.